The number of carbonyl (C=O) groups excluding carboxylic acids is 2. The van der Waals surface area contributed by atoms with E-state index in [4.69, 9.17) is 9.88 Å². The van der Waals surface area contributed by atoms with Crippen molar-refractivity contribution in [2.24, 2.45) is 5.14 Å². The zero-order valence-corrected chi connectivity index (χ0v) is 15.3. The van der Waals surface area contributed by atoms with Crippen LogP contribution in [0.5, 0.6) is 0 Å². The van der Waals surface area contributed by atoms with Gasteiger partial charge in [-0.1, -0.05) is 12.1 Å². The number of hydrogen-bond donors (Lipinski definition) is 2. The Kier molecular flexibility index (Phi) is 5.38. The number of nitrogens with one attached hydrogen (secondary N) is 1. The monoisotopic (exact) mass is 369 g/mol. The van der Waals surface area contributed by atoms with Gasteiger partial charge in [0.2, 0.25) is 15.9 Å². The van der Waals surface area contributed by atoms with Gasteiger partial charge in [-0.05, 0) is 38.5 Å². The molecule has 8 nitrogen and oxygen atoms in total. The van der Waals surface area contributed by atoms with Crippen LogP contribution in [0.3, 0.4) is 0 Å². The normalized spacial score (nSPS) is 18.3. The van der Waals surface area contributed by atoms with E-state index in [1.807, 2.05) is 0 Å². The average Bonchev–Trinajstić information content (AvgIpc) is 2.86. The van der Waals surface area contributed by atoms with Crippen LogP contribution >= 0.6 is 0 Å². The van der Waals surface area contributed by atoms with Gasteiger partial charge < -0.3 is 15.0 Å². The van der Waals surface area contributed by atoms with Gasteiger partial charge in [-0.3, -0.25) is 4.79 Å². The molecule has 0 saturated carbocycles. The molecule has 1 unspecified atom stereocenters. The van der Waals surface area contributed by atoms with Crippen molar-refractivity contribution in [3.63, 3.8) is 0 Å². The Labute approximate surface area is 147 Å². The number of primary sulfonamides is 1. The Balaban J connectivity index is 1.96. The van der Waals surface area contributed by atoms with Gasteiger partial charge in [0, 0.05) is 25.2 Å². The van der Waals surface area contributed by atoms with Crippen molar-refractivity contribution in [1.82, 2.24) is 5.32 Å². The van der Waals surface area contributed by atoms with E-state index in [1.54, 1.807) is 45.0 Å². The molecule has 0 aromatic heterocycles. The minimum absolute atomic E-state index is 0.0488. The summed E-state index contributed by atoms with van der Waals surface area (Å²) in [6.07, 6.45) is -0.622. The number of nitrogens with zero attached hydrogens (tertiary/aromatic N) is 1. The molecule has 1 saturated heterocycles. The predicted octanol–water partition coefficient (Wildman–Crippen LogP) is 1.11. The minimum atomic E-state index is -3.74. The van der Waals surface area contributed by atoms with Crippen molar-refractivity contribution in [3.05, 3.63) is 29.8 Å². The molecular weight excluding hydrogens is 346 g/mol. The summed E-state index contributed by atoms with van der Waals surface area (Å²) in [5.74, 6) is -0.279. The van der Waals surface area contributed by atoms with Gasteiger partial charge in [-0.15, -0.1) is 0 Å². The van der Waals surface area contributed by atoms with Crippen LogP contribution in [0.2, 0.25) is 0 Å². The summed E-state index contributed by atoms with van der Waals surface area (Å²) in [5.41, 5.74) is 0.852. The Morgan fingerprint density at radius 3 is 2.40 bits per heavy atom. The zero-order chi connectivity index (χ0) is 18.8. The number of anilines is 1. The quantitative estimate of drug-likeness (QED) is 0.824. The summed E-state index contributed by atoms with van der Waals surface area (Å²) in [6, 6.07) is 6.92. The van der Waals surface area contributed by atoms with Crippen LogP contribution in [0.25, 0.3) is 0 Å². The number of amides is 2. The number of nitrogens with two attached hydrogens (primary N) is 1. The van der Waals surface area contributed by atoms with Gasteiger partial charge in [-0.25, -0.2) is 18.4 Å². The molecule has 0 radical (unpaired) electrons. The van der Waals surface area contributed by atoms with E-state index in [9.17, 15) is 18.0 Å². The van der Waals surface area contributed by atoms with E-state index in [0.29, 0.717) is 5.69 Å². The maximum absolute atomic E-state index is 12.0. The van der Waals surface area contributed by atoms with Crippen LogP contribution in [-0.4, -0.2) is 37.8 Å². The minimum Gasteiger partial charge on any atom is -0.444 e. The van der Waals surface area contributed by atoms with E-state index in [2.05, 4.69) is 5.32 Å². The van der Waals surface area contributed by atoms with Crippen LogP contribution in [0.4, 0.5) is 10.5 Å². The molecule has 1 heterocycles. The fourth-order valence-electron chi connectivity index (χ4n) is 2.43. The SMILES string of the molecule is CC(C)(C)OC(=O)NCc1ccc(N2CC(S(N)(=O)=O)CC2=O)cc1. The zero-order valence-electron chi connectivity index (χ0n) is 14.5. The molecule has 0 bridgehead atoms. The van der Waals surface area contributed by atoms with E-state index in [-0.39, 0.29) is 25.4 Å². The number of sulfonamides is 1. The lowest BCUT2D eigenvalue weighted by Gasteiger charge is -2.20. The highest BCUT2D eigenvalue weighted by atomic mass is 32.2. The Bertz CT molecular complexity index is 753. The lowest BCUT2D eigenvalue weighted by Crippen LogP contribution is -2.32. The van der Waals surface area contributed by atoms with Crippen LogP contribution in [0.1, 0.15) is 32.8 Å². The van der Waals surface area contributed by atoms with Gasteiger partial charge in [0.05, 0.1) is 0 Å². The molecule has 1 aromatic carbocycles. The molecule has 9 heteroatoms. The summed E-state index contributed by atoms with van der Waals surface area (Å²) in [5, 5.41) is 6.88. The summed E-state index contributed by atoms with van der Waals surface area (Å²) >= 11 is 0. The number of benzene rings is 1. The third-order valence-electron chi connectivity index (χ3n) is 3.64. The molecule has 3 N–H and O–H groups in total. The smallest absolute Gasteiger partial charge is 0.407 e. The number of alkyl carbamates (subject to hydrolysis) is 1. The lowest BCUT2D eigenvalue weighted by atomic mass is 10.2. The Morgan fingerprint density at radius 2 is 1.92 bits per heavy atom. The maximum atomic E-state index is 12.0. The first-order chi connectivity index (χ1) is 11.5. The lowest BCUT2D eigenvalue weighted by molar-refractivity contribution is -0.117. The van der Waals surface area contributed by atoms with Crippen molar-refractivity contribution in [2.45, 2.75) is 44.6 Å². The number of hydrogen-bond acceptors (Lipinski definition) is 5. The topological polar surface area (TPSA) is 119 Å². The van der Waals surface area contributed by atoms with Crippen LogP contribution < -0.4 is 15.4 Å². The molecule has 2 amide bonds. The van der Waals surface area contributed by atoms with Gasteiger partial charge >= 0.3 is 6.09 Å². The summed E-state index contributed by atoms with van der Waals surface area (Å²) in [4.78, 5) is 25.0. The molecule has 0 spiro atoms. The first-order valence-electron chi connectivity index (χ1n) is 7.83. The van der Waals surface area contributed by atoms with Gasteiger partial charge in [0.15, 0.2) is 0 Å². The van der Waals surface area contributed by atoms with Crippen molar-refractivity contribution >= 4 is 27.7 Å². The van der Waals surface area contributed by atoms with Crippen LogP contribution in [-0.2, 0) is 26.1 Å². The number of ether oxygens (including phenoxy) is 1. The van der Waals surface area contributed by atoms with E-state index in [0.717, 1.165) is 5.56 Å². The first kappa shape index (κ1) is 19.2. The number of carbonyl (C=O) groups is 2. The van der Waals surface area contributed by atoms with Crippen molar-refractivity contribution < 1.29 is 22.7 Å². The second-order valence-electron chi connectivity index (χ2n) is 6.94. The van der Waals surface area contributed by atoms with E-state index < -0.39 is 27.0 Å². The molecule has 1 fully saturated rings. The molecular formula is C16H23N3O5S. The Morgan fingerprint density at radius 1 is 1.32 bits per heavy atom. The van der Waals surface area contributed by atoms with Crippen molar-refractivity contribution in [2.75, 3.05) is 11.4 Å². The first-order valence-corrected chi connectivity index (χ1v) is 9.44. The third-order valence-corrected chi connectivity index (χ3v) is 4.88. The fraction of sp³-hybridized carbons (Fsp3) is 0.500. The summed E-state index contributed by atoms with van der Waals surface area (Å²) in [6.45, 7) is 5.67. The van der Waals surface area contributed by atoms with Gasteiger partial charge in [0.1, 0.15) is 10.9 Å². The number of rotatable bonds is 4. The highest BCUT2D eigenvalue weighted by Crippen LogP contribution is 2.24. The molecule has 25 heavy (non-hydrogen) atoms. The molecule has 1 atom stereocenters. The maximum Gasteiger partial charge on any atom is 0.407 e. The molecule has 138 valence electrons. The molecule has 1 aliphatic rings. The highest BCUT2D eigenvalue weighted by molar-refractivity contribution is 7.89. The van der Waals surface area contributed by atoms with E-state index >= 15 is 0 Å². The summed E-state index contributed by atoms with van der Waals surface area (Å²) in [7, 11) is -3.74. The molecule has 1 aliphatic heterocycles. The molecule has 1 aromatic rings. The van der Waals surface area contributed by atoms with E-state index in [1.165, 1.54) is 4.90 Å². The Hall–Kier alpha value is -2.13. The fourth-order valence-corrected chi connectivity index (χ4v) is 3.16. The molecule has 0 aliphatic carbocycles. The van der Waals surface area contributed by atoms with Crippen molar-refractivity contribution in [1.29, 1.82) is 0 Å². The highest BCUT2D eigenvalue weighted by Gasteiger charge is 2.37. The summed E-state index contributed by atoms with van der Waals surface area (Å²) < 4.78 is 28.0. The average molecular weight is 369 g/mol. The van der Waals surface area contributed by atoms with Gasteiger partial charge in [0.25, 0.3) is 0 Å². The predicted molar refractivity (Wildman–Crippen MR) is 93.4 cm³/mol. The standard InChI is InChI=1S/C16H23N3O5S/c1-16(2,3)24-15(21)18-9-11-4-6-12(7-5-11)19-10-13(8-14(19)20)25(17,22)23/h4-7,13H,8-10H2,1-3H3,(H,18,21)(H2,17,22,23). The second kappa shape index (κ2) is 7.01. The second-order valence-corrected chi connectivity index (χ2v) is 8.79. The van der Waals surface area contributed by atoms with Crippen molar-refractivity contribution in [3.8, 4) is 0 Å². The van der Waals surface area contributed by atoms with Gasteiger partial charge in [-0.2, -0.15) is 0 Å². The van der Waals surface area contributed by atoms with Crippen LogP contribution in [0, 0.1) is 0 Å². The van der Waals surface area contributed by atoms with Crippen LogP contribution in [0.15, 0.2) is 24.3 Å². The largest absolute Gasteiger partial charge is 0.444 e. The molecule has 2 rings (SSSR count). The third kappa shape index (κ3) is 5.43.